The molecule has 44 heavy (non-hydrogen) atoms. The molecule has 1 aliphatic rings. The lowest BCUT2D eigenvalue weighted by Crippen LogP contribution is -2.40. The number of imidazole rings is 1. The summed E-state index contributed by atoms with van der Waals surface area (Å²) in [5.41, 5.74) is 0.734. The molecule has 0 N–H and O–H groups in total. The quantitative estimate of drug-likeness (QED) is 0.184. The van der Waals surface area contributed by atoms with Crippen molar-refractivity contribution in [3.63, 3.8) is 0 Å². The highest BCUT2D eigenvalue weighted by Crippen LogP contribution is 2.32. The Balaban J connectivity index is 1.65. The van der Waals surface area contributed by atoms with E-state index in [1.165, 1.54) is 21.6 Å². The Labute approximate surface area is 265 Å². The van der Waals surface area contributed by atoms with Crippen LogP contribution in [-0.4, -0.2) is 71.9 Å². The summed E-state index contributed by atoms with van der Waals surface area (Å²) in [6.07, 6.45) is -2.67. The third-order valence-electron chi connectivity index (χ3n) is 6.31. The van der Waals surface area contributed by atoms with Crippen molar-refractivity contribution < 1.29 is 46.4 Å². The molecule has 2 heterocycles. The van der Waals surface area contributed by atoms with Gasteiger partial charge < -0.3 is 28.6 Å². The van der Waals surface area contributed by atoms with E-state index in [0.717, 1.165) is 31.4 Å². The molecule has 1 fully saturated rings. The van der Waals surface area contributed by atoms with Gasteiger partial charge in [0.1, 0.15) is 28.3 Å². The first-order chi connectivity index (χ1) is 21.0. The van der Waals surface area contributed by atoms with Crippen LogP contribution in [0.4, 0.5) is 13.2 Å². The fourth-order valence-electron chi connectivity index (χ4n) is 4.35. The van der Waals surface area contributed by atoms with Crippen LogP contribution >= 0.6 is 27.5 Å². The predicted octanol–water partition coefficient (Wildman–Crippen LogP) is 6.59. The van der Waals surface area contributed by atoms with Crippen molar-refractivity contribution in [2.45, 2.75) is 45.4 Å². The second-order valence-corrected chi connectivity index (χ2v) is 10.8. The number of ether oxygens (including phenoxy) is 5. The van der Waals surface area contributed by atoms with Crippen LogP contribution in [0.15, 0.2) is 53.1 Å². The summed E-state index contributed by atoms with van der Waals surface area (Å²) >= 11 is 9.39. The highest BCUT2D eigenvalue weighted by atomic mass is 79.9. The molecule has 1 unspecified atom stereocenters. The lowest BCUT2D eigenvalue weighted by atomic mass is 10.2. The molecule has 3 aromatic rings. The summed E-state index contributed by atoms with van der Waals surface area (Å²) in [6.45, 7) is 2.18. The highest BCUT2D eigenvalue weighted by Gasteiger charge is 2.32. The van der Waals surface area contributed by atoms with Crippen molar-refractivity contribution in [2.75, 3.05) is 32.9 Å². The van der Waals surface area contributed by atoms with Crippen LogP contribution in [0, 0.1) is 0 Å². The van der Waals surface area contributed by atoms with Crippen LogP contribution in [0.1, 0.15) is 42.2 Å². The molecule has 0 saturated carbocycles. The SMILES string of the molecule is CCOC(=O)CN(CCOC1CCCCO1)C(=O)c1c(Br)nc(Oc2cccc(OC(F)(F)F)c2)n1Cc1ccc(Cl)cc1. The minimum absolute atomic E-state index is 0.0233. The summed E-state index contributed by atoms with van der Waals surface area (Å²) in [7, 11) is 0. The van der Waals surface area contributed by atoms with Gasteiger partial charge in [-0.1, -0.05) is 29.8 Å². The van der Waals surface area contributed by atoms with Crippen LogP contribution in [0.5, 0.6) is 17.5 Å². The van der Waals surface area contributed by atoms with E-state index in [-0.39, 0.29) is 54.9 Å². The first-order valence-corrected chi connectivity index (χ1v) is 14.9. The molecule has 15 heteroatoms. The first kappa shape index (κ1) is 33.6. The number of nitrogens with zero attached hydrogens (tertiary/aromatic N) is 3. The average molecular weight is 705 g/mol. The predicted molar refractivity (Wildman–Crippen MR) is 156 cm³/mol. The molecule has 1 aliphatic heterocycles. The van der Waals surface area contributed by atoms with Crippen molar-refractivity contribution >= 4 is 39.4 Å². The number of aromatic nitrogens is 2. The van der Waals surface area contributed by atoms with Gasteiger partial charge in [-0.15, -0.1) is 13.2 Å². The molecular formula is C29H30BrClF3N3O7. The number of hydrogen-bond acceptors (Lipinski definition) is 8. The molecular weight excluding hydrogens is 675 g/mol. The minimum atomic E-state index is -4.90. The fourth-order valence-corrected chi connectivity index (χ4v) is 5.01. The van der Waals surface area contributed by atoms with Crippen molar-refractivity contribution in [1.82, 2.24) is 14.5 Å². The van der Waals surface area contributed by atoms with Gasteiger partial charge in [0.05, 0.1) is 19.8 Å². The molecule has 0 aliphatic carbocycles. The van der Waals surface area contributed by atoms with Gasteiger partial charge in [0.25, 0.3) is 5.91 Å². The van der Waals surface area contributed by atoms with Crippen molar-refractivity contribution in [2.24, 2.45) is 0 Å². The van der Waals surface area contributed by atoms with Gasteiger partial charge >= 0.3 is 18.3 Å². The number of benzene rings is 2. The van der Waals surface area contributed by atoms with Gasteiger partial charge in [0, 0.05) is 24.2 Å². The monoisotopic (exact) mass is 703 g/mol. The minimum Gasteiger partial charge on any atom is -0.465 e. The van der Waals surface area contributed by atoms with Crippen LogP contribution in [-0.2, 0) is 25.5 Å². The zero-order chi connectivity index (χ0) is 31.7. The Morgan fingerprint density at radius 3 is 2.59 bits per heavy atom. The molecule has 4 rings (SSSR count). The Morgan fingerprint density at radius 1 is 1.16 bits per heavy atom. The number of alkyl halides is 3. The normalized spacial score (nSPS) is 15.1. The third-order valence-corrected chi connectivity index (χ3v) is 7.11. The number of halogens is 5. The maximum Gasteiger partial charge on any atom is 0.573 e. The number of esters is 1. The molecule has 238 valence electrons. The van der Waals surface area contributed by atoms with Gasteiger partial charge in [-0.3, -0.25) is 14.2 Å². The van der Waals surface area contributed by atoms with E-state index in [4.69, 9.17) is 30.5 Å². The maximum absolute atomic E-state index is 14.0. The summed E-state index contributed by atoms with van der Waals surface area (Å²) < 4.78 is 66.3. The fraction of sp³-hybridized carbons (Fsp3) is 0.414. The lowest BCUT2D eigenvalue weighted by Gasteiger charge is -2.26. The van der Waals surface area contributed by atoms with E-state index < -0.39 is 30.3 Å². The Kier molecular flexibility index (Phi) is 11.9. The third kappa shape index (κ3) is 9.84. The maximum atomic E-state index is 14.0. The van der Waals surface area contributed by atoms with Gasteiger partial charge in [-0.25, -0.2) is 0 Å². The first-order valence-electron chi connectivity index (χ1n) is 13.7. The van der Waals surface area contributed by atoms with Gasteiger partial charge in [-0.05, 0) is 71.9 Å². The number of carbonyl (C=O) groups excluding carboxylic acids is 2. The van der Waals surface area contributed by atoms with Crippen molar-refractivity contribution in [3.8, 4) is 17.5 Å². The van der Waals surface area contributed by atoms with E-state index in [2.05, 4.69) is 25.7 Å². The van der Waals surface area contributed by atoms with Crippen LogP contribution < -0.4 is 9.47 Å². The molecule has 1 aromatic heterocycles. The number of carbonyl (C=O) groups is 2. The van der Waals surface area contributed by atoms with E-state index in [9.17, 15) is 22.8 Å². The topological polar surface area (TPSA) is 101 Å². The highest BCUT2D eigenvalue weighted by molar-refractivity contribution is 9.10. The van der Waals surface area contributed by atoms with Crippen molar-refractivity contribution in [1.29, 1.82) is 0 Å². The zero-order valence-electron chi connectivity index (χ0n) is 23.6. The summed E-state index contributed by atoms with van der Waals surface area (Å²) in [4.78, 5) is 32.1. The molecule has 0 spiro atoms. The van der Waals surface area contributed by atoms with Crippen LogP contribution in [0.3, 0.4) is 0 Å². The standard InChI is InChI=1S/C29H30BrClF3N3O7/c1-2-40-23(38)18-36(13-15-42-24-8-3-4-14-41-24)27(39)25-26(30)35-28(37(25)17-19-9-11-20(31)12-10-19)43-21-6-5-7-22(16-21)44-29(32,33)34/h5-7,9-12,16,24H,2-4,8,13-15,17-18H2,1H3. The largest absolute Gasteiger partial charge is 0.573 e. The second-order valence-electron chi connectivity index (χ2n) is 9.57. The summed E-state index contributed by atoms with van der Waals surface area (Å²) in [5.74, 6) is -1.73. The average Bonchev–Trinajstić information content (AvgIpc) is 3.27. The van der Waals surface area contributed by atoms with E-state index in [0.29, 0.717) is 17.2 Å². The molecule has 0 radical (unpaired) electrons. The molecule has 2 aromatic carbocycles. The molecule has 1 saturated heterocycles. The van der Waals surface area contributed by atoms with E-state index >= 15 is 0 Å². The van der Waals surface area contributed by atoms with Crippen LogP contribution in [0.25, 0.3) is 0 Å². The number of rotatable bonds is 13. The summed E-state index contributed by atoms with van der Waals surface area (Å²) in [6, 6.07) is 11.6. The van der Waals surface area contributed by atoms with Gasteiger partial charge in [0.15, 0.2) is 6.29 Å². The molecule has 0 bridgehead atoms. The number of amides is 1. The Bertz CT molecular complexity index is 1420. The lowest BCUT2D eigenvalue weighted by molar-refractivity contribution is -0.274. The van der Waals surface area contributed by atoms with E-state index in [1.807, 2.05) is 0 Å². The molecule has 1 amide bonds. The summed E-state index contributed by atoms with van der Waals surface area (Å²) in [5, 5.41) is 0.498. The second kappa shape index (κ2) is 15.6. The Morgan fingerprint density at radius 2 is 1.91 bits per heavy atom. The zero-order valence-corrected chi connectivity index (χ0v) is 26.0. The molecule has 1 atom stereocenters. The number of hydrogen-bond donors (Lipinski definition) is 0. The van der Waals surface area contributed by atoms with Crippen LogP contribution in [0.2, 0.25) is 5.02 Å². The van der Waals surface area contributed by atoms with Gasteiger partial charge in [0.2, 0.25) is 0 Å². The van der Waals surface area contributed by atoms with E-state index in [1.54, 1.807) is 31.2 Å². The Hall–Kier alpha value is -3.33. The van der Waals surface area contributed by atoms with Crippen molar-refractivity contribution in [3.05, 3.63) is 69.4 Å². The smallest absolute Gasteiger partial charge is 0.465 e. The molecule has 10 nitrogen and oxygen atoms in total. The van der Waals surface area contributed by atoms with Gasteiger partial charge in [-0.2, -0.15) is 4.98 Å².